The van der Waals surface area contributed by atoms with E-state index >= 15 is 0 Å². The Kier molecular flexibility index (Phi) is 3.49. The van der Waals surface area contributed by atoms with Crippen LogP contribution in [0.5, 0.6) is 17.2 Å². The fourth-order valence-corrected chi connectivity index (χ4v) is 3.90. The molecule has 1 unspecified atom stereocenters. The van der Waals surface area contributed by atoms with Crippen LogP contribution in [0.3, 0.4) is 0 Å². The van der Waals surface area contributed by atoms with Gasteiger partial charge in [0, 0.05) is 24.3 Å². The van der Waals surface area contributed by atoms with Crippen LogP contribution in [0.4, 0.5) is 0 Å². The van der Waals surface area contributed by atoms with E-state index < -0.39 is 0 Å². The molecule has 0 amide bonds. The smallest absolute Gasteiger partial charge is 0.290 e. The first-order valence-corrected chi connectivity index (χ1v) is 8.04. The van der Waals surface area contributed by atoms with Gasteiger partial charge in [-0.05, 0) is 36.1 Å². The van der Waals surface area contributed by atoms with Crippen molar-refractivity contribution in [3.8, 4) is 17.2 Å². The molecule has 3 heterocycles. The van der Waals surface area contributed by atoms with E-state index in [1.54, 1.807) is 13.2 Å². The maximum atomic E-state index is 12.1. The Balaban J connectivity index is 1.79. The van der Waals surface area contributed by atoms with E-state index in [1.807, 2.05) is 12.1 Å². The monoisotopic (exact) mass is 328 g/mol. The van der Waals surface area contributed by atoms with Gasteiger partial charge in [-0.25, -0.2) is 0 Å². The Morgan fingerprint density at radius 3 is 2.83 bits per heavy atom. The molecule has 2 N–H and O–H groups in total. The summed E-state index contributed by atoms with van der Waals surface area (Å²) >= 11 is 0. The number of aromatic hydroxyl groups is 1. The first-order valence-electron chi connectivity index (χ1n) is 8.04. The molecule has 2 aromatic rings. The Bertz CT molecular complexity index is 859. The molecule has 2 aliphatic heterocycles. The summed E-state index contributed by atoms with van der Waals surface area (Å²) in [7, 11) is 3.10. The van der Waals surface area contributed by atoms with Gasteiger partial charge in [-0.3, -0.25) is 9.69 Å². The van der Waals surface area contributed by atoms with Crippen LogP contribution in [0, 0.1) is 0 Å². The topological polar surface area (TPSA) is 74.8 Å². The number of pyridine rings is 1. The van der Waals surface area contributed by atoms with Crippen LogP contribution in [-0.4, -0.2) is 35.8 Å². The molecule has 0 saturated carbocycles. The molecular formula is C18H20N2O4. The minimum Gasteiger partial charge on any atom is -0.504 e. The number of aromatic nitrogens is 1. The molecular weight excluding hydrogens is 308 g/mol. The number of phenols is 1. The largest absolute Gasteiger partial charge is 0.504 e. The van der Waals surface area contributed by atoms with E-state index in [-0.39, 0.29) is 17.4 Å². The molecule has 6 heteroatoms. The van der Waals surface area contributed by atoms with Gasteiger partial charge in [0.1, 0.15) is 0 Å². The van der Waals surface area contributed by atoms with E-state index in [4.69, 9.17) is 9.47 Å². The second kappa shape index (κ2) is 5.56. The van der Waals surface area contributed by atoms with Gasteiger partial charge in [0.25, 0.3) is 5.56 Å². The van der Waals surface area contributed by atoms with Crippen molar-refractivity contribution in [2.75, 3.05) is 20.8 Å². The molecule has 0 aliphatic carbocycles. The number of ether oxygens (including phenoxy) is 2. The molecule has 4 rings (SSSR count). The van der Waals surface area contributed by atoms with Crippen LogP contribution in [0.25, 0.3) is 0 Å². The third kappa shape index (κ3) is 2.17. The number of H-pyrrole nitrogens is 1. The number of benzene rings is 1. The van der Waals surface area contributed by atoms with Gasteiger partial charge in [0.05, 0.1) is 20.3 Å². The number of hydrogen-bond donors (Lipinski definition) is 2. The molecule has 1 aromatic carbocycles. The Morgan fingerprint density at radius 1 is 1.25 bits per heavy atom. The molecule has 0 saturated heterocycles. The highest BCUT2D eigenvalue weighted by Crippen LogP contribution is 2.42. The van der Waals surface area contributed by atoms with Crippen LogP contribution in [0.15, 0.2) is 23.0 Å². The molecule has 6 nitrogen and oxygen atoms in total. The van der Waals surface area contributed by atoms with E-state index in [0.717, 1.165) is 41.8 Å². The van der Waals surface area contributed by atoms with Crippen molar-refractivity contribution < 1.29 is 14.6 Å². The van der Waals surface area contributed by atoms with Gasteiger partial charge < -0.3 is 19.6 Å². The molecule has 24 heavy (non-hydrogen) atoms. The second-order valence-corrected chi connectivity index (χ2v) is 6.30. The summed E-state index contributed by atoms with van der Waals surface area (Å²) in [4.78, 5) is 17.5. The highest BCUT2D eigenvalue weighted by Gasteiger charge is 2.35. The summed E-state index contributed by atoms with van der Waals surface area (Å²) in [5.41, 5.74) is 4.11. The fourth-order valence-electron chi connectivity index (χ4n) is 3.90. The van der Waals surface area contributed by atoms with Crippen molar-refractivity contribution >= 4 is 0 Å². The highest BCUT2D eigenvalue weighted by molar-refractivity contribution is 5.52. The molecule has 2 aliphatic rings. The Hall–Kier alpha value is -2.47. The normalized spacial score (nSPS) is 19.2. The first kappa shape index (κ1) is 15.1. The van der Waals surface area contributed by atoms with E-state index in [9.17, 15) is 9.90 Å². The molecule has 0 bridgehead atoms. The predicted octanol–water partition coefficient (Wildman–Crippen LogP) is 1.75. The minimum absolute atomic E-state index is 0.133. The molecule has 1 aromatic heterocycles. The standard InChI is InChI=1S/C18H20N2O4/c1-23-15-8-11-5-6-20-9-12-10(3-4-14(21)17(12)24-2)7-13(20)16(11)19-18(15)22/h3-4,8,13,21H,5-7,9H2,1-2H3,(H,19,22). The zero-order chi connectivity index (χ0) is 16.8. The van der Waals surface area contributed by atoms with Crippen molar-refractivity contribution in [2.45, 2.75) is 25.4 Å². The maximum Gasteiger partial charge on any atom is 0.290 e. The number of rotatable bonds is 2. The van der Waals surface area contributed by atoms with Crippen LogP contribution < -0.4 is 15.0 Å². The van der Waals surface area contributed by atoms with Crippen LogP contribution in [0.2, 0.25) is 0 Å². The lowest BCUT2D eigenvalue weighted by Gasteiger charge is -2.41. The number of fused-ring (bicyclic) bond motifs is 4. The van der Waals surface area contributed by atoms with E-state index in [0.29, 0.717) is 18.0 Å². The molecule has 126 valence electrons. The lowest BCUT2D eigenvalue weighted by Crippen LogP contribution is -2.41. The highest BCUT2D eigenvalue weighted by atomic mass is 16.5. The Labute approximate surface area is 139 Å². The number of nitrogens with one attached hydrogen (secondary N) is 1. The molecule has 0 spiro atoms. The van der Waals surface area contributed by atoms with Crippen molar-refractivity contribution in [3.63, 3.8) is 0 Å². The lowest BCUT2D eigenvalue weighted by molar-refractivity contribution is 0.153. The average molecular weight is 328 g/mol. The van der Waals surface area contributed by atoms with Gasteiger partial charge in [0.2, 0.25) is 0 Å². The summed E-state index contributed by atoms with van der Waals surface area (Å²) in [6.07, 6.45) is 1.64. The zero-order valence-electron chi connectivity index (χ0n) is 13.8. The van der Waals surface area contributed by atoms with Crippen LogP contribution >= 0.6 is 0 Å². The van der Waals surface area contributed by atoms with Crippen molar-refractivity contribution in [3.05, 3.63) is 50.9 Å². The number of hydrogen-bond acceptors (Lipinski definition) is 5. The molecule has 0 fully saturated rings. The van der Waals surface area contributed by atoms with Crippen molar-refractivity contribution in [1.82, 2.24) is 9.88 Å². The molecule has 0 radical (unpaired) electrons. The van der Waals surface area contributed by atoms with Crippen LogP contribution in [0.1, 0.15) is 28.4 Å². The molecule has 1 atom stereocenters. The SMILES string of the molecule is COc1c(O)ccc2c1CN1CCc3cc(OC)c(=O)[nH]c3C1C2. The first-order chi connectivity index (χ1) is 11.6. The lowest BCUT2D eigenvalue weighted by atomic mass is 9.86. The summed E-state index contributed by atoms with van der Waals surface area (Å²) in [6.45, 7) is 1.59. The summed E-state index contributed by atoms with van der Waals surface area (Å²) < 4.78 is 10.5. The minimum atomic E-state index is -0.188. The predicted molar refractivity (Wildman–Crippen MR) is 88.8 cm³/mol. The average Bonchev–Trinajstić information content (AvgIpc) is 2.59. The fraction of sp³-hybridized carbons (Fsp3) is 0.389. The van der Waals surface area contributed by atoms with Crippen molar-refractivity contribution in [2.24, 2.45) is 0 Å². The third-order valence-electron chi connectivity index (χ3n) is 5.10. The third-order valence-corrected chi connectivity index (χ3v) is 5.10. The van der Waals surface area contributed by atoms with Gasteiger partial charge in [0.15, 0.2) is 17.2 Å². The van der Waals surface area contributed by atoms with Gasteiger partial charge in [-0.2, -0.15) is 0 Å². The van der Waals surface area contributed by atoms with Gasteiger partial charge >= 0.3 is 0 Å². The number of phenolic OH excluding ortho intramolecular Hbond substituents is 1. The van der Waals surface area contributed by atoms with Gasteiger partial charge in [-0.1, -0.05) is 6.07 Å². The summed E-state index contributed by atoms with van der Waals surface area (Å²) in [5.74, 6) is 1.09. The maximum absolute atomic E-state index is 12.1. The van der Waals surface area contributed by atoms with E-state index in [1.165, 1.54) is 7.11 Å². The van der Waals surface area contributed by atoms with Crippen molar-refractivity contribution in [1.29, 1.82) is 0 Å². The van der Waals surface area contributed by atoms with Gasteiger partial charge in [-0.15, -0.1) is 0 Å². The Morgan fingerprint density at radius 2 is 2.08 bits per heavy atom. The number of aromatic amines is 1. The number of methoxy groups -OCH3 is 2. The second-order valence-electron chi connectivity index (χ2n) is 6.30. The van der Waals surface area contributed by atoms with E-state index in [2.05, 4.69) is 9.88 Å². The quantitative estimate of drug-likeness (QED) is 0.878. The summed E-state index contributed by atoms with van der Waals surface area (Å²) in [5, 5.41) is 10.0. The number of nitrogens with zero attached hydrogens (tertiary/aromatic N) is 1. The summed E-state index contributed by atoms with van der Waals surface area (Å²) in [6, 6.07) is 5.61. The van der Waals surface area contributed by atoms with Crippen LogP contribution in [-0.2, 0) is 19.4 Å². The zero-order valence-corrected chi connectivity index (χ0v) is 13.8.